The summed E-state index contributed by atoms with van der Waals surface area (Å²) in [6, 6.07) is 16.0. The Labute approximate surface area is 116 Å². The predicted octanol–water partition coefficient (Wildman–Crippen LogP) is 3.24. The summed E-state index contributed by atoms with van der Waals surface area (Å²) in [4.78, 5) is 10.5. The molecule has 20 heavy (non-hydrogen) atoms. The first-order chi connectivity index (χ1) is 9.72. The van der Waals surface area contributed by atoms with Crippen LogP contribution in [0.15, 0.2) is 48.5 Å². The maximum atomic E-state index is 11.0. The van der Waals surface area contributed by atoms with Crippen LogP contribution in [-0.4, -0.2) is 4.92 Å². The zero-order chi connectivity index (χ0) is 14.4. The van der Waals surface area contributed by atoms with Crippen LogP contribution in [0.2, 0.25) is 0 Å². The van der Waals surface area contributed by atoms with Gasteiger partial charge in [0, 0.05) is 6.07 Å². The van der Waals surface area contributed by atoms with Crippen LogP contribution in [0.1, 0.15) is 11.1 Å². The fourth-order valence-electron chi connectivity index (χ4n) is 1.85. The van der Waals surface area contributed by atoms with Crippen LogP contribution < -0.4 is 4.74 Å². The molecule has 0 N–H and O–H groups in total. The zero-order valence-electron chi connectivity index (χ0n) is 10.7. The number of benzene rings is 2. The fraction of sp³-hybridized carbons (Fsp3) is 0.133. The van der Waals surface area contributed by atoms with Gasteiger partial charge < -0.3 is 4.74 Å². The highest BCUT2D eigenvalue weighted by Crippen LogP contribution is 2.29. The van der Waals surface area contributed by atoms with E-state index in [2.05, 4.69) is 0 Å². The number of nitro benzene ring substituents is 1. The van der Waals surface area contributed by atoms with Gasteiger partial charge in [0.15, 0.2) is 0 Å². The molecule has 0 aliphatic heterocycles. The van der Waals surface area contributed by atoms with Crippen LogP contribution in [-0.2, 0) is 13.0 Å². The van der Waals surface area contributed by atoms with E-state index in [0.717, 1.165) is 5.56 Å². The molecule has 0 atom stereocenters. The molecule has 0 aliphatic rings. The third-order valence-electron chi connectivity index (χ3n) is 2.80. The molecule has 2 aromatic carbocycles. The van der Waals surface area contributed by atoms with Gasteiger partial charge in [0.1, 0.15) is 12.4 Å². The van der Waals surface area contributed by atoms with Crippen molar-refractivity contribution in [3.05, 3.63) is 69.8 Å². The quantitative estimate of drug-likeness (QED) is 0.617. The molecular weight excluding hydrogens is 258 g/mol. The molecule has 5 heteroatoms. The molecule has 0 aromatic heterocycles. The summed E-state index contributed by atoms with van der Waals surface area (Å²) in [6.45, 7) is 0.306. The van der Waals surface area contributed by atoms with E-state index in [1.54, 1.807) is 12.1 Å². The molecular formula is C15H12N2O3. The smallest absolute Gasteiger partial charge is 0.277 e. The standard InChI is InChI=1S/C15H12N2O3/c16-10-9-13-14(17(18)19)7-4-8-15(13)20-11-12-5-2-1-3-6-12/h1-8H,9,11H2/i10+2. The Kier molecular flexibility index (Phi) is 4.30. The maximum absolute atomic E-state index is 11.0. The van der Waals surface area contributed by atoms with Gasteiger partial charge in [-0.15, -0.1) is 0 Å². The molecule has 0 heterocycles. The Balaban J connectivity index is 2.25. The van der Waals surface area contributed by atoms with Gasteiger partial charge in [0.05, 0.1) is 23.0 Å². The number of nitriles is 1. The Morgan fingerprint density at radius 3 is 2.55 bits per heavy atom. The van der Waals surface area contributed by atoms with Gasteiger partial charge in [0.25, 0.3) is 5.69 Å². The van der Waals surface area contributed by atoms with E-state index < -0.39 is 4.92 Å². The van der Waals surface area contributed by atoms with Gasteiger partial charge in [-0.1, -0.05) is 36.4 Å². The fourth-order valence-corrected chi connectivity index (χ4v) is 1.85. The minimum Gasteiger partial charge on any atom is -0.488 e. The lowest BCUT2D eigenvalue weighted by Crippen LogP contribution is -2.01. The molecule has 0 aliphatic carbocycles. The Morgan fingerprint density at radius 2 is 1.90 bits per heavy atom. The highest BCUT2D eigenvalue weighted by molar-refractivity contribution is 5.50. The van der Waals surface area contributed by atoms with Gasteiger partial charge in [0.2, 0.25) is 0 Å². The van der Waals surface area contributed by atoms with Crippen LogP contribution in [0.3, 0.4) is 0 Å². The van der Waals surface area contributed by atoms with Crippen molar-refractivity contribution in [1.82, 2.24) is 0 Å². The van der Waals surface area contributed by atoms with Crippen LogP contribution in [0.5, 0.6) is 5.75 Å². The largest absolute Gasteiger partial charge is 0.488 e. The Hall–Kier alpha value is -2.87. The van der Waals surface area contributed by atoms with Gasteiger partial charge in [-0.05, 0) is 11.6 Å². The van der Waals surface area contributed by atoms with Crippen molar-refractivity contribution in [2.75, 3.05) is 0 Å². The minimum absolute atomic E-state index is 0.0543. The van der Waals surface area contributed by atoms with Crippen molar-refractivity contribution < 1.29 is 9.66 Å². The highest BCUT2D eigenvalue weighted by atomic mass is 16.6. The first-order valence-corrected chi connectivity index (χ1v) is 6.02. The van der Waals surface area contributed by atoms with Crippen molar-refractivity contribution in [2.24, 2.45) is 0 Å². The lowest BCUT2D eigenvalue weighted by atomic mass is 10.1. The SMILES string of the molecule is N#[14C]Cc1c(OCc2ccccc2)cccc1[N+](=O)[O-]. The number of rotatable bonds is 5. The first-order valence-electron chi connectivity index (χ1n) is 6.02. The molecule has 0 saturated carbocycles. The van der Waals surface area contributed by atoms with E-state index in [-0.39, 0.29) is 12.1 Å². The summed E-state index contributed by atoms with van der Waals surface area (Å²) in [7, 11) is 0. The van der Waals surface area contributed by atoms with Crippen LogP contribution in [0.25, 0.3) is 0 Å². The number of hydrogen-bond acceptors (Lipinski definition) is 4. The molecule has 2 aromatic rings. The number of nitro groups is 1. The number of hydrogen-bond donors (Lipinski definition) is 0. The van der Waals surface area contributed by atoms with E-state index in [1.165, 1.54) is 6.07 Å². The molecule has 0 bridgehead atoms. The van der Waals surface area contributed by atoms with Crippen molar-refractivity contribution in [3.8, 4) is 11.8 Å². The van der Waals surface area contributed by atoms with Crippen molar-refractivity contribution in [1.29, 1.82) is 5.26 Å². The second kappa shape index (κ2) is 6.34. The molecule has 2 rings (SSSR count). The summed E-state index contributed by atoms with van der Waals surface area (Å²) >= 11 is 0. The van der Waals surface area contributed by atoms with Crippen LogP contribution >= 0.6 is 0 Å². The average molecular weight is 270 g/mol. The van der Waals surface area contributed by atoms with Crippen LogP contribution in [0.4, 0.5) is 5.69 Å². The number of nitrogens with zero attached hydrogens (tertiary/aromatic N) is 2. The van der Waals surface area contributed by atoms with Gasteiger partial charge >= 0.3 is 0 Å². The van der Waals surface area contributed by atoms with Gasteiger partial charge in [-0.25, -0.2) is 0 Å². The monoisotopic (exact) mass is 270 g/mol. The Bertz CT molecular complexity index is 648. The van der Waals surface area contributed by atoms with Crippen molar-refractivity contribution >= 4 is 5.69 Å². The van der Waals surface area contributed by atoms with E-state index in [1.807, 2.05) is 36.4 Å². The van der Waals surface area contributed by atoms with Gasteiger partial charge in [-0.2, -0.15) is 5.26 Å². The third-order valence-corrected chi connectivity index (χ3v) is 2.80. The molecule has 5 nitrogen and oxygen atoms in total. The normalized spacial score (nSPS) is 9.75. The lowest BCUT2D eigenvalue weighted by Gasteiger charge is -2.10. The predicted molar refractivity (Wildman–Crippen MR) is 73.2 cm³/mol. The molecule has 0 amide bonds. The number of ether oxygens (including phenoxy) is 1. The summed E-state index contributed by atoms with van der Waals surface area (Å²) in [6.07, 6.45) is -0.0543. The van der Waals surface area contributed by atoms with E-state index in [9.17, 15) is 10.1 Å². The highest BCUT2D eigenvalue weighted by Gasteiger charge is 2.18. The maximum Gasteiger partial charge on any atom is 0.277 e. The van der Waals surface area contributed by atoms with Crippen molar-refractivity contribution in [2.45, 2.75) is 13.0 Å². The molecule has 100 valence electrons. The molecule has 0 fully saturated rings. The summed E-state index contributed by atoms with van der Waals surface area (Å²) in [5.41, 5.74) is 1.19. The molecule has 0 unspecified atom stereocenters. The topological polar surface area (TPSA) is 76.2 Å². The van der Waals surface area contributed by atoms with E-state index >= 15 is 0 Å². The molecule has 0 saturated heterocycles. The second-order valence-corrected chi connectivity index (χ2v) is 4.12. The molecule has 0 radical (unpaired) electrons. The Morgan fingerprint density at radius 1 is 1.15 bits per heavy atom. The van der Waals surface area contributed by atoms with E-state index in [4.69, 9.17) is 10.00 Å². The first kappa shape index (κ1) is 13.6. The van der Waals surface area contributed by atoms with Crippen LogP contribution in [0, 0.1) is 21.4 Å². The van der Waals surface area contributed by atoms with E-state index in [0.29, 0.717) is 17.9 Å². The second-order valence-electron chi connectivity index (χ2n) is 4.12. The summed E-state index contributed by atoms with van der Waals surface area (Å²) < 4.78 is 5.61. The summed E-state index contributed by atoms with van der Waals surface area (Å²) in [5.74, 6) is 0.379. The third kappa shape index (κ3) is 3.12. The average Bonchev–Trinajstić information content (AvgIpc) is 2.47. The minimum atomic E-state index is -0.498. The zero-order valence-corrected chi connectivity index (χ0v) is 10.7. The van der Waals surface area contributed by atoms with Gasteiger partial charge in [-0.3, -0.25) is 10.1 Å². The summed E-state index contributed by atoms with van der Waals surface area (Å²) in [5, 5.41) is 19.8. The lowest BCUT2D eigenvalue weighted by molar-refractivity contribution is -0.385. The molecule has 0 spiro atoms. The van der Waals surface area contributed by atoms with Crippen molar-refractivity contribution in [3.63, 3.8) is 0 Å².